The lowest BCUT2D eigenvalue weighted by atomic mass is 10.2. The van der Waals surface area contributed by atoms with Gasteiger partial charge in [-0.05, 0) is 102 Å². The number of hydrogen-bond acceptors (Lipinski definition) is 8. The SMILES string of the molecule is Cc1ccccc1-n1c(-c2nc(-c3nc4cccnc4n3-c3ccccc3C)nc(-[n+]3cc4cccnc4n3-c3ccccc3C)n2)nc2cccnc21. The van der Waals surface area contributed by atoms with Gasteiger partial charge in [0, 0.05) is 18.6 Å². The second-order valence-corrected chi connectivity index (χ2v) is 13.1. The Morgan fingerprint density at radius 2 is 0.907 bits per heavy atom. The molecule has 0 spiro atoms. The molecule has 12 nitrogen and oxygen atoms in total. The maximum atomic E-state index is 5.22. The molecule has 7 heterocycles. The van der Waals surface area contributed by atoms with Crippen molar-refractivity contribution >= 4 is 33.4 Å². The predicted octanol–water partition coefficient (Wildman–Crippen LogP) is 7.21. The molecule has 258 valence electrons. The molecule has 0 amide bonds. The van der Waals surface area contributed by atoms with Crippen LogP contribution >= 0.6 is 0 Å². The topological polar surface area (TPSA) is 122 Å². The van der Waals surface area contributed by atoms with Gasteiger partial charge in [0.1, 0.15) is 17.2 Å². The Morgan fingerprint density at radius 3 is 1.43 bits per heavy atom. The van der Waals surface area contributed by atoms with Crippen molar-refractivity contribution in [3.63, 3.8) is 0 Å². The maximum absolute atomic E-state index is 5.22. The van der Waals surface area contributed by atoms with Gasteiger partial charge in [0.05, 0.1) is 22.4 Å². The summed E-state index contributed by atoms with van der Waals surface area (Å²) in [6.45, 7) is 6.21. The minimum absolute atomic E-state index is 0.342. The van der Waals surface area contributed by atoms with Crippen molar-refractivity contribution in [3.05, 3.63) is 151 Å². The van der Waals surface area contributed by atoms with E-state index in [0.29, 0.717) is 51.6 Å². The van der Waals surface area contributed by atoms with Crippen molar-refractivity contribution in [2.75, 3.05) is 0 Å². The Kier molecular flexibility index (Phi) is 7.15. The normalized spacial score (nSPS) is 11.6. The second kappa shape index (κ2) is 12.3. The first-order valence-electron chi connectivity index (χ1n) is 17.5. The molecule has 0 saturated heterocycles. The first-order valence-corrected chi connectivity index (χ1v) is 17.5. The van der Waals surface area contributed by atoms with E-state index in [-0.39, 0.29) is 0 Å². The van der Waals surface area contributed by atoms with E-state index >= 15 is 0 Å². The summed E-state index contributed by atoms with van der Waals surface area (Å²) in [5.74, 6) is 2.06. The molecule has 0 aliphatic heterocycles. The van der Waals surface area contributed by atoms with E-state index in [2.05, 4.69) is 57.2 Å². The monoisotopic (exact) mass is 703 g/mol. The smallest absolute Gasteiger partial charge is 0.272 e. The lowest BCUT2D eigenvalue weighted by Gasteiger charge is -2.12. The molecule has 0 aliphatic carbocycles. The van der Waals surface area contributed by atoms with Crippen molar-refractivity contribution < 1.29 is 4.68 Å². The zero-order chi connectivity index (χ0) is 36.3. The first kappa shape index (κ1) is 31.3. The van der Waals surface area contributed by atoms with Crippen LogP contribution in [0, 0.1) is 20.8 Å². The van der Waals surface area contributed by atoms with Gasteiger partial charge in [0.25, 0.3) is 11.6 Å². The Labute approximate surface area is 308 Å². The molecule has 0 unspecified atom stereocenters. The molecule has 7 aromatic heterocycles. The molecule has 0 aliphatic rings. The maximum Gasteiger partial charge on any atom is 0.460 e. The van der Waals surface area contributed by atoms with Crippen LogP contribution in [0.4, 0.5) is 0 Å². The highest BCUT2D eigenvalue weighted by Crippen LogP contribution is 2.31. The molecule has 10 rings (SSSR count). The van der Waals surface area contributed by atoms with Crippen molar-refractivity contribution in [1.82, 2.24) is 53.7 Å². The molecule has 0 N–H and O–H groups in total. The van der Waals surface area contributed by atoms with Gasteiger partial charge in [-0.1, -0.05) is 54.6 Å². The van der Waals surface area contributed by atoms with Gasteiger partial charge in [-0.15, -0.1) is 4.68 Å². The first-order chi connectivity index (χ1) is 26.5. The minimum Gasteiger partial charge on any atom is -0.272 e. The van der Waals surface area contributed by atoms with Crippen molar-refractivity contribution in [3.8, 4) is 46.3 Å². The van der Waals surface area contributed by atoms with E-state index in [1.807, 2.05) is 97.5 Å². The van der Waals surface area contributed by atoms with Gasteiger partial charge in [0.2, 0.25) is 11.6 Å². The standard InChI is InChI=1S/C42H31N12/c1-26-13-4-7-19-32(26)52-38-30(17-11-23-44-38)46-40(52)35-48-36(41-47-31-18-12-24-45-39(31)53(41)33-20-8-5-14-27(33)2)50-42(49-35)51-25-29-16-10-22-43-37(29)54(51)34-21-9-6-15-28(34)3/h4-25H,1-3H3/q+1. The van der Waals surface area contributed by atoms with Crippen LogP contribution in [0.25, 0.3) is 79.7 Å². The van der Waals surface area contributed by atoms with Crippen LogP contribution in [-0.4, -0.2) is 53.7 Å². The number of benzene rings is 3. The molecule has 12 heteroatoms. The fourth-order valence-corrected chi connectivity index (χ4v) is 7.03. The van der Waals surface area contributed by atoms with E-state index in [1.165, 1.54) is 0 Å². The third-order valence-corrected chi connectivity index (χ3v) is 9.61. The Balaban J connectivity index is 1.33. The summed E-state index contributed by atoms with van der Waals surface area (Å²) in [4.78, 5) is 40.3. The molecule has 0 radical (unpaired) electrons. The summed E-state index contributed by atoms with van der Waals surface area (Å²) < 4.78 is 7.99. The lowest BCUT2D eigenvalue weighted by Crippen LogP contribution is -2.42. The van der Waals surface area contributed by atoms with E-state index in [4.69, 9.17) is 39.9 Å². The number of rotatable bonds is 6. The molecular formula is C42H31N12+. The van der Waals surface area contributed by atoms with E-state index < -0.39 is 0 Å². The van der Waals surface area contributed by atoms with Gasteiger partial charge in [-0.2, -0.15) is 9.67 Å². The minimum atomic E-state index is 0.342. The van der Waals surface area contributed by atoms with Crippen molar-refractivity contribution in [2.24, 2.45) is 0 Å². The molecule has 10 aromatic rings. The highest BCUT2D eigenvalue weighted by Gasteiger charge is 2.31. The largest absolute Gasteiger partial charge is 0.460 e. The molecule has 0 atom stereocenters. The summed E-state index contributed by atoms with van der Waals surface area (Å²) in [5, 5.41) is 0.914. The van der Waals surface area contributed by atoms with Crippen LogP contribution in [0.3, 0.4) is 0 Å². The van der Waals surface area contributed by atoms with E-state index in [9.17, 15) is 0 Å². The Bertz CT molecular complexity index is 2720. The van der Waals surface area contributed by atoms with Gasteiger partial charge in [-0.25, -0.2) is 24.9 Å². The highest BCUT2D eigenvalue weighted by molar-refractivity contribution is 5.81. The second-order valence-electron chi connectivity index (χ2n) is 13.1. The van der Waals surface area contributed by atoms with Crippen LogP contribution in [0.5, 0.6) is 0 Å². The summed E-state index contributed by atoms with van der Waals surface area (Å²) in [6, 6.07) is 36.1. The average molecular weight is 704 g/mol. The molecule has 0 saturated carbocycles. The van der Waals surface area contributed by atoms with Crippen molar-refractivity contribution in [1.29, 1.82) is 0 Å². The number of nitrogens with zero attached hydrogens (tertiary/aromatic N) is 12. The molecule has 0 bridgehead atoms. The van der Waals surface area contributed by atoms with E-state index in [0.717, 1.165) is 44.8 Å². The number of pyridine rings is 3. The quantitative estimate of drug-likeness (QED) is 0.167. The average Bonchev–Trinajstić information content (AvgIpc) is 3.91. The number of aryl methyl sites for hydroxylation is 3. The predicted molar refractivity (Wildman–Crippen MR) is 206 cm³/mol. The van der Waals surface area contributed by atoms with E-state index in [1.54, 1.807) is 18.6 Å². The summed E-state index contributed by atoms with van der Waals surface area (Å²) >= 11 is 0. The Hall–Kier alpha value is -7.47. The Morgan fingerprint density at radius 1 is 0.444 bits per heavy atom. The fraction of sp³-hybridized carbons (Fsp3) is 0.0714. The molecule has 54 heavy (non-hydrogen) atoms. The number of fused-ring (bicyclic) bond motifs is 3. The lowest BCUT2D eigenvalue weighted by molar-refractivity contribution is -0.679. The third-order valence-electron chi connectivity index (χ3n) is 9.61. The number of aromatic nitrogens is 12. The summed E-state index contributed by atoms with van der Waals surface area (Å²) in [6.07, 6.45) is 7.33. The number of imidazole rings is 2. The summed E-state index contributed by atoms with van der Waals surface area (Å²) in [5.41, 5.74) is 9.47. The number of hydrogen-bond donors (Lipinski definition) is 0. The van der Waals surface area contributed by atoms with Crippen LogP contribution in [0.2, 0.25) is 0 Å². The number of para-hydroxylation sites is 3. The van der Waals surface area contributed by atoms with Gasteiger partial charge in [0.15, 0.2) is 16.9 Å². The van der Waals surface area contributed by atoms with Crippen LogP contribution in [0.1, 0.15) is 16.7 Å². The van der Waals surface area contributed by atoms with Gasteiger partial charge < -0.3 is 0 Å². The van der Waals surface area contributed by atoms with Crippen molar-refractivity contribution in [2.45, 2.75) is 20.8 Å². The molecular weight excluding hydrogens is 673 g/mol. The summed E-state index contributed by atoms with van der Waals surface area (Å²) in [7, 11) is 0. The van der Waals surface area contributed by atoms with Gasteiger partial charge in [-0.3, -0.25) is 9.13 Å². The fourth-order valence-electron chi connectivity index (χ4n) is 7.03. The van der Waals surface area contributed by atoms with Crippen LogP contribution in [0.15, 0.2) is 134 Å². The molecule has 3 aromatic carbocycles. The highest BCUT2D eigenvalue weighted by atomic mass is 15.5. The van der Waals surface area contributed by atoms with Crippen LogP contribution < -0.4 is 4.68 Å². The zero-order valence-electron chi connectivity index (χ0n) is 29.6. The third kappa shape index (κ3) is 4.95. The van der Waals surface area contributed by atoms with Crippen LogP contribution in [-0.2, 0) is 0 Å². The zero-order valence-corrected chi connectivity index (χ0v) is 29.6. The molecule has 0 fully saturated rings. The van der Waals surface area contributed by atoms with Gasteiger partial charge >= 0.3 is 5.95 Å².